The van der Waals surface area contributed by atoms with Crippen LogP contribution >= 0.6 is 0 Å². The molecule has 0 saturated carbocycles. The Hall–Kier alpha value is -2.10. The van der Waals surface area contributed by atoms with Gasteiger partial charge < -0.3 is 9.47 Å². The molecule has 2 heterocycles. The van der Waals surface area contributed by atoms with Crippen LogP contribution in [0.1, 0.15) is 39.8 Å². The van der Waals surface area contributed by atoms with Gasteiger partial charge in [0, 0.05) is 23.7 Å². The summed E-state index contributed by atoms with van der Waals surface area (Å²) >= 11 is 0. The van der Waals surface area contributed by atoms with Gasteiger partial charge in [-0.15, -0.1) is 0 Å². The highest BCUT2D eigenvalue weighted by Crippen LogP contribution is 2.32. The molecule has 0 aliphatic heterocycles. The van der Waals surface area contributed by atoms with E-state index in [1.807, 2.05) is 31.3 Å². The molecule has 0 amide bonds. The Labute approximate surface area is 145 Å². The van der Waals surface area contributed by atoms with Gasteiger partial charge in [0.1, 0.15) is 0 Å². The molecule has 0 fully saturated rings. The van der Waals surface area contributed by atoms with Crippen molar-refractivity contribution in [1.82, 2.24) is 9.97 Å². The summed E-state index contributed by atoms with van der Waals surface area (Å²) < 4.78 is 11.4. The van der Waals surface area contributed by atoms with Crippen LogP contribution in [0.4, 0.5) is 0 Å². The van der Waals surface area contributed by atoms with Gasteiger partial charge >= 0.3 is 0 Å². The first-order valence-electron chi connectivity index (χ1n) is 8.40. The summed E-state index contributed by atoms with van der Waals surface area (Å²) in [6.07, 6.45) is 4.72. The van der Waals surface area contributed by atoms with Gasteiger partial charge in [0.05, 0.1) is 13.7 Å². The smallest absolute Gasteiger partial charge is 0.257 e. The third-order valence-electron chi connectivity index (χ3n) is 3.83. The molecule has 4 nitrogen and oxygen atoms in total. The van der Waals surface area contributed by atoms with Gasteiger partial charge in [0.25, 0.3) is 5.88 Å². The Morgan fingerprint density at radius 3 is 2.50 bits per heavy atom. The van der Waals surface area contributed by atoms with Gasteiger partial charge in [0.15, 0.2) is 5.75 Å². The van der Waals surface area contributed by atoms with Crippen molar-refractivity contribution in [2.75, 3.05) is 13.7 Å². The highest BCUT2D eigenvalue weighted by molar-refractivity contribution is 5.65. The second kappa shape index (κ2) is 7.65. The summed E-state index contributed by atoms with van der Waals surface area (Å²) in [5, 5.41) is 0. The molecule has 2 aromatic heterocycles. The third kappa shape index (κ3) is 4.95. The van der Waals surface area contributed by atoms with Crippen LogP contribution in [0.5, 0.6) is 11.6 Å². The molecule has 2 aromatic rings. The van der Waals surface area contributed by atoms with E-state index in [9.17, 15) is 0 Å². The third-order valence-corrected chi connectivity index (χ3v) is 3.83. The minimum atomic E-state index is 0.0989. The minimum absolute atomic E-state index is 0.0989. The van der Waals surface area contributed by atoms with Crippen molar-refractivity contribution >= 4 is 0 Å². The SMILES string of the molecule is COc1cc(-c2ccnc(C)c2)cnc1OCC(C)(C)CC(C)C. The fraction of sp³-hybridized carbons (Fsp3) is 0.500. The second-order valence-electron chi connectivity index (χ2n) is 7.47. The van der Waals surface area contributed by atoms with E-state index in [1.54, 1.807) is 13.3 Å². The predicted octanol–water partition coefficient (Wildman–Crippen LogP) is 4.91. The summed E-state index contributed by atoms with van der Waals surface area (Å²) in [4.78, 5) is 8.70. The quantitative estimate of drug-likeness (QED) is 0.724. The molecule has 0 unspecified atom stereocenters. The van der Waals surface area contributed by atoms with Crippen LogP contribution in [0.3, 0.4) is 0 Å². The first-order chi connectivity index (χ1) is 11.3. The molecule has 24 heavy (non-hydrogen) atoms. The Bertz CT molecular complexity index is 681. The summed E-state index contributed by atoms with van der Waals surface area (Å²) in [6.45, 7) is 11.5. The number of nitrogens with zero attached hydrogens (tertiary/aromatic N) is 2. The summed E-state index contributed by atoms with van der Waals surface area (Å²) in [6, 6.07) is 5.96. The van der Waals surface area contributed by atoms with E-state index in [2.05, 4.69) is 37.7 Å². The summed E-state index contributed by atoms with van der Waals surface area (Å²) in [7, 11) is 1.64. The van der Waals surface area contributed by atoms with E-state index < -0.39 is 0 Å². The molecular formula is C20H28N2O2. The number of aryl methyl sites for hydroxylation is 1. The van der Waals surface area contributed by atoms with Gasteiger partial charge in [-0.2, -0.15) is 0 Å². The Morgan fingerprint density at radius 2 is 1.88 bits per heavy atom. The molecule has 4 heteroatoms. The van der Waals surface area contributed by atoms with Crippen LogP contribution in [0.25, 0.3) is 11.1 Å². The zero-order valence-corrected chi connectivity index (χ0v) is 15.6. The standard InChI is InChI=1S/C20H28N2O2/c1-14(2)11-20(4,5)13-24-19-18(23-6)10-17(12-22-19)16-7-8-21-15(3)9-16/h7-10,12,14H,11,13H2,1-6H3. The van der Waals surface area contributed by atoms with Crippen LogP contribution < -0.4 is 9.47 Å². The maximum absolute atomic E-state index is 5.96. The topological polar surface area (TPSA) is 44.2 Å². The fourth-order valence-corrected chi connectivity index (χ4v) is 3.00. The maximum atomic E-state index is 5.96. The Morgan fingerprint density at radius 1 is 1.12 bits per heavy atom. The molecular weight excluding hydrogens is 300 g/mol. The van der Waals surface area contributed by atoms with Gasteiger partial charge in [-0.3, -0.25) is 4.98 Å². The number of aromatic nitrogens is 2. The van der Waals surface area contributed by atoms with Crippen LogP contribution in [0.2, 0.25) is 0 Å². The van der Waals surface area contributed by atoms with E-state index in [4.69, 9.17) is 9.47 Å². The van der Waals surface area contributed by atoms with Crippen LogP contribution in [0, 0.1) is 18.3 Å². The molecule has 0 atom stereocenters. The lowest BCUT2D eigenvalue weighted by molar-refractivity contribution is 0.145. The van der Waals surface area contributed by atoms with Crippen LogP contribution in [-0.4, -0.2) is 23.7 Å². The fourth-order valence-electron chi connectivity index (χ4n) is 3.00. The summed E-state index contributed by atoms with van der Waals surface area (Å²) in [5.41, 5.74) is 3.13. The van der Waals surface area contributed by atoms with Crippen molar-refractivity contribution in [3.63, 3.8) is 0 Å². The first kappa shape index (κ1) is 18.2. The number of hydrogen-bond donors (Lipinski definition) is 0. The van der Waals surface area contributed by atoms with Crippen molar-refractivity contribution in [2.45, 2.75) is 41.0 Å². The van der Waals surface area contributed by atoms with E-state index in [0.29, 0.717) is 24.2 Å². The Balaban J connectivity index is 2.17. The normalized spacial score (nSPS) is 11.6. The number of pyridine rings is 2. The van der Waals surface area contributed by atoms with E-state index in [-0.39, 0.29) is 5.41 Å². The zero-order valence-electron chi connectivity index (χ0n) is 15.6. The lowest BCUT2D eigenvalue weighted by atomic mass is 9.85. The average Bonchev–Trinajstić information content (AvgIpc) is 2.51. The lowest BCUT2D eigenvalue weighted by Gasteiger charge is -2.26. The average molecular weight is 328 g/mol. The van der Waals surface area contributed by atoms with Crippen LogP contribution in [-0.2, 0) is 0 Å². The van der Waals surface area contributed by atoms with E-state index >= 15 is 0 Å². The van der Waals surface area contributed by atoms with Crippen molar-refractivity contribution in [3.8, 4) is 22.8 Å². The van der Waals surface area contributed by atoms with Crippen molar-refractivity contribution < 1.29 is 9.47 Å². The molecule has 2 rings (SSSR count). The van der Waals surface area contributed by atoms with Gasteiger partial charge in [-0.1, -0.05) is 27.7 Å². The Kier molecular flexibility index (Phi) is 5.81. The number of rotatable bonds is 7. The van der Waals surface area contributed by atoms with E-state index in [0.717, 1.165) is 23.2 Å². The zero-order chi connectivity index (χ0) is 17.7. The molecule has 0 aliphatic carbocycles. The van der Waals surface area contributed by atoms with Crippen molar-refractivity contribution in [3.05, 3.63) is 36.3 Å². The maximum Gasteiger partial charge on any atom is 0.257 e. The largest absolute Gasteiger partial charge is 0.491 e. The highest BCUT2D eigenvalue weighted by Gasteiger charge is 2.22. The predicted molar refractivity (Wildman–Crippen MR) is 97.5 cm³/mol. The molecule has 0 radical (unpaired) electrons. The first-order valence-corrected chi connectivity index (χ1v) is 8.40. The van der Waals surface area contributed by atoms with E-state index in [1.165, 1.54) is 0 Å². The van der Waals surface area contributed by atoms with Crippen LogP contribution in [0.15, 0.2) is 30.6 Å². The number of methoxy groups -OCH3 is 1. The number of hydrogen-bond acceptors (Lipinski definition) is 4. The van der Waals surface area contributed by atoms with Gasteiger partial charge in [-0.05, 0) is 48.4 Å². The highest BCUT2D eigenvalue weighted by atomic mass is 16.5. The van der Waals surface area contributed by atoms with Gasteiger partial charge in [0.2, 0.25) is 0 Å². The van der Waals surface area contributed by atoms with Gasteiger partial charge in [-0.25, -0.2) is 4.98 Å². The molecule has 130 valence electrons. The molecule has 0 N–H and O–H groups in total. The van der Waals surface area contributed by atoms with Crippen molar-refractivity contribution in [2.24, 2.45) is 11.3 Å². The summed E-state index contributed by atoms with van der Waals surface area (Å²) in [5.74, 6) is 1.84. The molecule has 0 bridgehead atoms. The molecule has 0 aliphatic rings. The lowest BCUT2D eigenvalue weighted by Crippen LogP contribution is -2.23. The van der Waals surface area contributed by atoms with Crippen molar-refractivity contribution in [1.29, 1.82) is 0 Å². The molecule has 0 spiro atoms. The number of ether oxygens (including phenoxy) is 2. The molecule has 0 aromatic carbocycles. The monoisotopic (exact) mass is 328 g/mol. The second-order valence-corrected chi connectivity index (χ2v) is 7.47. The minimum Gasteiger partial charge on any atom is -0.491 e. The molecule has 0 saturated heterocycles.